The van der Waals surface area contributed by atoms with Gasteiger partial charge in [0.1, 0.15) is 5.82 Å². The topological polar surface area (TPSA) is 77.9 Å². The third kappa shape index (κ3) is 3.26. The lowest BCUT2D eigenvalue weighted by Crippen LogP contribution is -2.12. The first kappa shape index (κ1) is 13.9. The van der Waals surface area contributed by atoms with Gasteiger partial charge in [0, 0.05) is 21.2 Å². The standard InChI is InChI=1S/C13H8ClFN4O/c14-8-1-4-10(5-2-8)17-13(20)11-6-3-9(15)7-12(11)18-19-16/h1-7H,(H,17,20). The van der Waals surface area contributed by atoms with Gasteiger partial charge in [-0.25, -0.2) is 4.39 Å². The van der Waals surface area contributed by atoms with Crippen molar-refractivity contribution in [2.24, 2.45) is 5.11 Å². The fourth-order valence-corrected chi connectivity index (χ4v) is 1.69. The molecule has 0 aliphatic heterocycles. The molecule has 0 aliphatic carbocycles. The van der Waals surface area contributed by atoms with Crippen molar-refractivity contribution in [3.8, 4) is 0 Å². The van der Waals surface area contributed by atoms with Crippen molar-refractivity contribution in [1.29, 1.82) is 0 Å². The third-order valence-corrected chi connectivity index (χ3v) is 2.71. The second-order valence-electron chi connectivity index (χ2n) is 3.81. The Labute approximate surface area is 118 Å². The molecule has 0 aliphatic rings. The van der Waals surface area contributed by atoms with E-state index < -0.39 is 11.7 Å². The zero-order valence-electron chi connectivity index (χ0n) is 10.0. The normalized spacial score (nSPS) is 9.70. The lowest BCUT2D eigenvalue weighted by molar-refractivity contribution is 0.102. The van der Waals surface area contributed by atoms with E-state index in [2.05, 4.69) is 15.3 Å². The average Bonchev–Trinajstić information content (AvgIpc) is 2.42. The number of hydrogen-bond acceptors (Lipinski definition) is 2. The highest BCUT2D eigenvalue weighted by Crippen LogP contribution is 2.22. The van der Waals surface area contributed by atoms with E-state index in [4.69, 9.17) is 17.1 Å². The smallest absolute Gasteiger partial charge is 0.256 e. The molecule has 2 rings (SSSR count). The molecule has 100 valence electrons. The van der Waals surface area contributed by atoms with E-state index in [1.807, 2.05) is 0 Å². The average molecular weight is 291 g/mol. The van der Waals surface area contributed by atoms with E-state index in [0.717, 1.165) is 12.1 Å². The fraction of sp³-hybridized carbons (Fsp3) is 0. The van der Waals surface area contributed by atoms with Crippen molar-refractivity contribution in [3.63, 3.8) is 0 Å². The summed E-state index contributed by atoms with van der Waals surface area (Å²) < 4.78 is 13.1. The molecule has 0 aromatic heterocycles. The maximum atomic E-state index is 13.1. The summed E-state index contributed by atoms with van der Waals surface area (Å²) in [7, 11) is 0. The number of carbonyl (C=O) groups is 1. The predicted molar refractivity (Wildman–Crippen MR) is 74.6 cm³/mol. The van der Waals surface area contributed by atoms with Crippen LogP contribution in [-0.4, -0.2) is 5.91 Å². The molecule has 0 atom stereocenters. The van der Waals surface area contributed by atoms with Gasteiger partial charge in [-0.15, -0.1) is 0 Å². The van der Waals surface area contributed by atoms with Gasteiger partial charge in [-0.05, 0) is 48.0 Å². The zero-order valence-corrected chi connectivity index (χ0v) is 10.8. The van der Waals surface area contributed by atoms with Gasteiger partial charge >= 0.3 is 0 Å². The predicted octanol–water partition coefficient (Wildman–Crippen LogP) is 4.67. The van der Waals surface area contributed by atoms with Crippen LogP contribution in [0.3, 0.4) is 0 Å². The molecule has 20 heavy (non-hydrogen) atoms. The summed E-state index contributed by atoms with van der Waals surface area (Å²) in [6.45, 7) is 0. The fourth-order valence-electron chi connectivity index (χ4n) is 1.56. The highest BCUT2D eigenvalue weighted by molar-refractivity contribution is 6.30. The first-order valence-corrected chi connectivity index (χ1v) is 5.89. The zero-order chi connectivity index (χ0) is 14.5. The first-order chi connectivity index (χ1) is 9.60. The summed E-state index contributed by atoms with van der Waals surface area (Å²) >= 11 is 5.74. The molecule has 0 heterocycles. The van der Waals surface area contributed by atoms with Gasteiger partial charge < -0.3 is 5.32 Å². The van der Waals surface area contributed by atoms with Crippen molar-refractivity contribution >= 4 is 28.9 Å². The van der Waals surface area contributed by atoms with Crippen LogP contribution in [0.2, 0.25) is 5.02 Å². The molecule has 0 saturated carbocycles. The summed E-state index contributed by atoms with van der Waals surface area (Å²) in [6.07, 6.45) is 0. The molecule has 0 unspecified atom stereocenters. The summed E-state index contributed by atoms with van der Waals surface area (Å²) in [5.41, 5.74) is 8.96. The van der Waals surface area contributed by atoms with Crippen LogP contribution >= 0.6 is 11.6 Å². The van der Waals surface area contributed by atoms with Gasteiger partial charge in [0.2, 0.25) is 0 Å². The van der Waals surface area contributed by atoms with Crippen molar-refractivity contribution in [1.82, 2.24) is 0 Å². The number of amides is 1. The van der Waals surface area contributed by atoms with Crippen molar-refractivity contribution in [3.05, 3.63) is 69.3 Å². The highest BCUT2D eigenvalue weighted by atomic mass is 35.5. The van der Waals surface area contributed by atoms with Gasteiger partial charge in [-0.3, -0.25) is 4.79 Å². The van der Waals surface area contributed by atoms with Gasteiger partial charge in [0.15, 0.2) is 0 Å². The van der Waals surface area contributed by atoms with E-state index >= 15 is 0 Å². The summed E-state index contributed by atoms with van der Waals surface area (Å²) in [5.74, 6) is -1.09. The molecule has 1 amide bonds. The molecule has 5 nitrogen and oxygen atoms in total. The van der Waals surface area contributed by atoms with Gasteiger partial charge in [0.25, 0.3) is 5.91 Å². The second kappa shape index (κ2) is 6.06. The monoisotopic (exact) mass is 290 g/mol. The van der Waals surface area contributed by atoms with Crippen LogP contribution in [0, 0.1) is 5.82 Å². The van der Waals surface area contributed by atoms with Gasteiger partial charge in [-0.2, -0.15) is 0 Å². The van der Waals surface area contributed by atoms with Crippen LogP contribution in [0.4, 0.5) is 15.8 Å². The third-order valence-electron chi connectivity index (χ3n) is 2.46. The van der Waals surface area contributed by atoms with Crippen LogP contribution in [0.15, 0.2) is 47.6 Å². The van der Waals surface area contributed by atoms with Crippen LogP contribution in [0.25, 0.3) is 10.4 Å². The van der Waals surface area contributed by atoms with E-state index in [1.54, 1.807) is 24.3 Å². The van der Waals surface area contributed by atoms with Crippen molar-refractivity contribution in [2.75, 3.05) is 5.32 Å². The molecular formula is C13H8ClFN4O. The molecule has 0 fully saturated rings. The van der Waals surface area contributed by atoms with Crippen LogP contribution in [0.5, 0.6) is 0 Å². The minimum absolute atomic E-state index is 0.0704. The number of nitrogens with zero attached hydrogens (tertiary/aromatic N) is 3. The molecule has 1 N–H and O–H groups in total. The number of rotatable bonds is 3. The number of carbonyl (C=O) groups excluding carboxylic acids is 1. The second-order valence-corrected chi connectivity index (χ2v) is 4.25. The Morgan fingerprint density at radius 1 is 1.25 bits per heavy atom. The number of nitrogens with one attached hydrogen (secondary N) is 1. The van der Waals surface area contributed by atoms with Gasteiger partial charge in [0.05, 0.1) is 5.69 Å². The minimum Gasteiger partial charge on any atom is -0.322 e. The quantitative estimate of drug-likeness (QED) is 0.497. The molecule has 0 spiro atoms. The first-order valence-electron chi connectivity index (χ1n) is 5.52. The molecule has 0 saturated heterocycles. The largest absolute Gasteiger partial charge is 0.322 e. The lowest BCUT2D eigenvalue weighted by atomic mass is 10.1. The Hall–Kier alpha value is -2.56. The number of halogens is 2. The Morgan fingerprint density at radius 3 is 2.60 bits per heavy atom. The van der Waals surface area contributed by atoms with Crippen LogP contribution in [0.1, 0.15) is 10.4 Å². The van der Waals surface area contributed by atoms with Crippen LogP contribution in [-0.2, 0) is 0 Å². The molecule has 2 aromatic carbocycles. The van der Waals surface area contributed by atoms with E-state index in [9.17, 15) is 9.18 Å². The van der Waals surface area contributed by atoms with E-state index in [-0.39, 0.29) is 11.3 Å². The van der Waals surface area contributed by atoms with Gasteiger partial charge in [-0.1, -0.05) is 16.7 Å². The number of azide groups is 1. The van der Waals surface area contributed by atoms with Crippen molar-refractivity contribution < 1.29 is 9.18 Å². The maximum Gasteiger partial charge on any atom is 0.256 e. The van der Waals surface area contributed by atoms with Crippen molar-refractivity contribution in [2.45, 2.75) is 0 Å². The summed E-state index contributed by atoms with van der Waals surface area (Å²) in [4.78, 5) is 14.6. The molecule has 2 aromatic rings. The maximum absolute atomic E-state index is 13.1. The summed E-state index contributed by atoms with van der Waals surface area (Å²) in [6, 6.07) is 9.86. The molecule has 0 bridgehead atoms. The number of benzene rings is 2. The Balaban J connectivity index is 2.29. The Bertz CT molecular complexity index is 696. The Morgan fingerprint density at radius 2 is 1.95 bits per heavy atom. The SMILES string of the molecule is [N-]=[N+]=Nc1cc(F)ccc1C(=O)Nc1ccc(Cl)cc1. The Kier molecular flexibility index (Phi) is 4.20. The number of hydrogen-bond donors (Lipinski definition) is 1. The molecule has 0 radical (unpaired) electrons. The highest BCUT2D eigenvalue weighted by Gasteiger charge is 2.11. The van der Waals surface area contributed by atoms with Crippen LogP contribution < -0.4 is 5.32 Å². The lowest BCUT2D eigenvalue weighted by Gasteiger charge is -2.07. The van der Waals surface area contributed by atoms with E-state index in [0.29, 0.717) is 10.7 Å². The molecular weight excluding hydrogens is 283 g/mol. The molecule has 7 heteroatoms. The van der Waals surface area contributed by atoms with E-state index in [1.165, 1.54) is 6.07 Å². The minimum atomic E-state index is -0.588. The summed E-state index contributed by atoms with van der Waals surface area (Å²) in [5, 5.41) is 6.44. The number of anilines is 1.